The summed E-state index contributed by atoms with van der Waals surface area (Å²) in [4.78, 5) is 18.3. The Bertz CT molecular complexity index is 419. The molecule has 4 heteroatoms. The fraction of sp³-hybridized carbons (Fsp3) is 0.571. The zero-order valence-corrected chi connectivity index (χ0v) is 11.1. The maximum absolute atomic E-state index is 11.9. The number of carbonyl (C=O) groups is 1. The van der Waals surface area contributed by atoms with Gasteiger partial charge in [-0.3, -0.25) is 4.79 Å². The number of rotatable bonds is 5. The number of hydrogen-bond acceptors (Lipinski definition) is 3. The first kappa shape index (κ1) is 12.9. The fourth-order valence-corrected chi connectivity index (χ4v) is 2.51. The number of pyridine rings is 1. The Morgan fingerprint density at radius 3 is 3.06 bits per heavy atom. The van der Waals surface area contributed by atoms with Gasteiger partial charge >= 0.3 is 0 Å². The van der Waals surface area contributed by atoms with Gasteiger partial charge < -0.3 is 10.2 Å². The van der Waals surface area contributed by atoms with E-state index in [1.165, 1.54) is 0 Å². The summed E-state index contributed by atoms with van der Waals surface area (Å²) in [5.74, 6) is 1.66. The highest BCUT2D eigenvalue weighted by atomic mass is 16.2. The van der Waals surface area contributed by atoms with Crippen molar-refractivity contribution in [1.82, 2.24) is 9.88 Å². The maximum Gasteiger partial charge on any atom is 0.223 e. The molecule has 1 fully saturated rings. The molecule has 0 bridgehead atoms. The van der Waals surface area contributed by atoms with Crippen LogP contribution in [0.1, 0.15) is 31.9 Å². The molecule has 1 aliphatic heterocycles. The highest BCUT2D eigenvalue weighted by Gasteiger charge is 2.28. The number of anilines is 1. The molecule has 1 aromatic rings. The Labute approximate surface area is 108 Å². The van der Waals surface area contributed by atoms with Crippen molar-refractivity contribution in [2.24, 2.45) is 5.92 Å². The van der Waals surface area contributed by atoms with Gasteiger partial charge in [0.25, 0.3) is 0 Å². The van der Waals surface area contributed by atoms with Crippen molar-refractivity contribution >= 4 is 11.7 Å². The summed E-state index contributed by atoms with van der Waals surface area (Å²) < 4.78 is 0. The van der Waals surface area contributed by atoms with Crippen molar-refractivity contribution in [2.75, 3.05) is 18.9 Å². The Morgan fingerprint density at radius 2 is 2.33 bits per heavy atom. The lowest BCUT2D eigenvalue weighted by molar-refractivity contribution is -0.128. The number of aromatic nitrogens is 1. The largest absolute Gasteiger partial charge is 0.373 e. The maximum atomic E-state index is 11.9. The van der Waals surface area contributed by atoms with Crippen LogP contribution in [-0.2, 0) is 11.3 Å². The minimum atomic E-state index is 0.269. The van der Waals surface area contributed by atoms with Gasteiger partial charge in [-0.15, -0.1) is 0 Å². The van der Waals surface area contributed by atoms with Crippen molar-refractivity contribution in [3.63, 3.8) is 0 Å². The van der Waals surface area contributed by atoms with E-state index >= 15 is 0 Å². The minimum Gasteiger partial charge on any atom is -0.373 e. The number of amides is 1. The van der Waals surface area contributed by atoms with Crippen LogP contribution in [0.4, 0.5) is 5.82 Å². The second kappa shape index (κ2) is 5.85. The molecule has 1 N–H and O–H groups in total. The molecule has 18 heavy (non-hydrogen) atoms. The molecule has 2 rings (SSSR count). The molecule has 98 valence electrons. The average Bonchev–Trinajstić information content (AvgIpc) is 2.70. The van der Waals surface area contributed by atoms with Crippen LogP contribution < -0.4 is 5.32 Å². The van der Waals surface area contributed by atoms with Crippen LogP contribution >= 0.6 is 0 Å². The third kappa shape index (κ3) is 3.00. The van der Waals surface area contributed by atoms with Crippen LogP contribution in [-0.4, -0.2) is 29.4 Å². The molecule has 1 saturated heterocycles. The second-order valence-corrected chi connectivity index (χ2v) is 4.90. The Morgan fingerprint density at radius 1 is 1.50 bits per heavy atom. The van der Waals surface area contributed by atoms with E-state index in [2.05, 4.69) is 17.2 Å². The SMILES string of the molecule is CCCC1CC(=O)N(Cc2cccc(NC)n2)C1. The van der Waals surface area contributed by atoms with E-state index in [4.69, 9.17) is 0 Å². The lowest BCUT2D eigenvalue weighted by Crippen LogP contribution is -2.25. The van der Waals surface area contributed by atoms with Gasteiger partial charge in [0.1, 0.15) is 5.82 Å². The first-order chi connectivity index (χ1) is 8.72. The molecule has 0 spiro atoms. The summed E-state index contributed by atoms with van der Waals surface area (Å²) >= 11 is 0. The first-order valence-corrected chi connectivity index (χ1v) is 6.64. The van der Waals surface area contributed by atoms with Crippen LogP contribution in [0, 0.1) is 5.92 Å². The zero-order valence-electron chi connectivity index (χ0n) is 11.1. The van der Waals surface area contributed by atoms with E-state index in [9.17, 15) is 4.79 Å². The third-order valence-corrected chi connectivity index (χ3v) is 3.41. The molecule has 4 nitrogen and oxygen atoms in total. The van der Waals surface area contributed by atoms with E-state index in [0.717, 1.165) is 30.9 Å². The van der Waals surface area contributed by atoms with Crippen molar-refractivity contribution in [3.8, 4) is 0 Å². The molecule has 0 aromatic carbocycles. The van der Waals surface area contributed by atoms with Crippen LogP contribution in [0.2, 0.25) is 0 Å². The average molecular weight is 247 g/mol. The van der Waals surface area contributed by atoms with Gasteiger partial charge in [0.15, 0.2) is 0 Å². The second-order valence-electron chi connectivity index (χ2n) is 4.90. The van der Waals surface area contributed by atoms with Gasteiger partial charge in [0.05, 0.1) is 12.2 Å². The first-order valence-electron chi connectivity index (χ1n) is 6.64. The van der Waals surface area contributed by atoms with Crippen molar-refractivity contribution < 1.29 is 4.79 Å². The summed E-state index contributed by atoms with van der Waals surface area (Å²) in [6, 6.07) is 5.87. The molecule has 0 aliphatic carbocycles. The fourth-order valence-electron chi connectivity index (χ4n) is 2.51. The molecule has 1 aliphatic rings. The highest BCUT2D eigenvalue weighted by Crippen LogP contribution is 2.23. The van der Waals surface area contributed by atoms with Crippen molar-refractivity contribution in [2.45, 2.75) is 32.7 Å². The lowest BCUT2D eigenvalue weighted by Gasteiger charge is -2.16. The highest BCUT2D eigenvalue weighted by molar-refractivity contribution is 5.78. The van der Waals surface area contributed by atoms with Crippen LogP contribution in [0.25, 0.3) is 0 Å². The lowest BCUT2D eigenvalue weighted by atomic mass is 10.0. The molecule has 1 atom stereocenters. The van der Waals surface area contributed by atoms with Crippen LogP contribution in [0.3, 0.4) is 0 Å². The van der Waals surface area contributed by atoms with Crippen LogP contribution in [0.15, 0.2) is 18.2 Å². The van der Waals surface area contributed by atoms with Gasteiger partial charge in [-0.1, -0.05) is 19.4 Å². The number of nitrogens with zero attached hydrogens (tertiary/aromatic N) is 2. The van der Waals surface area contributed by atoms with Crippen molar-refractivity contribution in [3.05, 3.63) is 23.9 Å². The van der Waals surface area contributed by atoms with Gasteiger partial charge in [-0.2, -0.15) is 0 Å². The summed E-state index contributed by atoms with van der Waals surface area (Å²) in [6.07, 6.45) is 3.01. The summed E-state index contributed by atoms with van der Waals surface area (Å²) in [7, 11) is 1.85. The number of likely N-dealkylation sites (tertiary alicyclic amines) is 1. The van der Waals surface area contributed by atoms with Crippen LogP contribution in [0.5, 0.6) is 0 Å². The Hall–Kier alpha value is -1.58. The monoisotopic (exact) mass is 247 g/mol. The standard InChI is InChI=1S/C14H21N3O/c1-3-5-11-8-14(18)17(9-11)10-12-6-4-7-13(15-2)16-12/h4,6-7,11H,3,5,8-10H2,1-2H3,(H,15,16). The molecule has 1 amide bonds. The molecular formula is C14H21N3O. The predicted octanol–water partition coefficient (Wildman–Crippen LogP) is 2.27. The number of carbonyl (C=O) groups excluding carboxylic acids is 1. The summed E-state index contributed by atoms with van der Waals surface area (Å²) in [5, 5.41) is 3.02. The molecule has 1 aromatic heterocycles. The van der Waals surface area contributed by atoms with Gasteiger partial charge in [0, 0.05) is 20.0 Å². The third-order valence-electron chi connectivity index (χ3n) is 3.41. The Kier molecular flexibility index (Phi) is 4.18. The van der Waals surface area contributed by atoms with E-state index in [-0.39, 0.29) is 5.91 Å². The zero-order chi connectivity index (χ0) is 13.0. The summed E-state index contributed by atoms with van der Waals surface area (Å²) in [6.45, 7) is 3.69. The van der Waals surface area contributed by atoms with E-state index in [0.29, 0.717) is 18.9 Å². The van der Waals surface area contributed by atoms with E-state index < -0.39 is 0 Å². The quantitative estimate of drug-likeness (QED) is 0.868. The topological polar surface area (TPSA) is 45.2 Å². The normalized spacial score (nSPS) is 19.3. The van der Waals surface area contributed by atoms with Gasteiger partial charge in [-0.05, 0) is 24.5 Å². The molecule has 1 unspecified atom stereocenters. The smallest absolute Gasteiger partial charge is 0.223 e. The Balaban J connectivity index is 1.98. The van der Waals surface area contributed by atoms with E-state index in [1.54, 1.807) is 0 Å². The minimum absolute atomic E-state index is 0.269. The number of hydrogen-bond donors (Lipinski definition) is 1. The van der Waals surface area contributed by atoms with Gasteiger partial charge in [-0.25, -0.2) is 4.98 Å². The molecule has 0 saturated carbocycles. The summed E-state index contributed by atoms with van der Waals surface area (Å²) in [5.41, 5.74) is 0.951. The molecule has 2 heterocycles. The molecule has 0 radical (unpaired) electrons. The van der Waals surface area contributed by atoms with E-state index in [1.807, 2.05) is 30.1 Å². The number of nitrogens with one attached hydrogen (secondary N) is 1. The predicted molar refractivity (Wildman–Crippen MR) is 72.2 cm³/mol. The van der Waals surface area contributed by atoms with Gasteiger partial charge in [0.2, 0.25) is 5.91 Å². The molecular weight excluding hydrogens is 226 g/mol. The van der Waals surface area contributed by atoms with Crippen molar-refractivity contribution in [1.29, 1.82) is 0 Å².